The summed E-state index contributed by atoms with van der Waals surface area (Å²) >= 11 is 0. The van der Waals surface area contributed by atoms with Gasteiger partial charge in [-0.3, -0.25) is 4.79 Å². The van der Waals surface area contributed by atoms with Crippen molar-refractivity contribution in [1.29, 1.82) is 0 Å². The van der Waals surface area contributed by atoms with E-state index in [2.05, 4.69) is 13.8 Å². The van der Waals surface area contributed by atoms with Crippen LogP contribution in [0.25, 0.3) is 0 Å². The van der Waals surface area contributed by atoms with Crippen LogP contribution in [-0.4, -0.2) is 21.6 Å². The van der Waals surface area contributed by atoms with Crippen molar-refractivity contribution in [3.63, 3.8) is 0 Å². The molecule has 0 spiro atoms. The molecule has 0 amide bonds. The predicted molar refractivity (Wildman–Crippen MR) is 93.5 cm³/mol. The maximum atomic E-state index is 12.2. The normalized spacial score (nSPS) is 55.8. The van der Waals surface area contributed by atoms with E-state index in [-0.39, 0.29) is 16.6 Å². The van der Waals surface area contributed by atoms with Crippen LogP contribution in [0.5, 0.6) is 0 Å². The molecule has 0 aromatic heterocycles. The van der Waals surface area contributed by atoms with E-state index < -0.39 is 5.60 Å². The Bertz CT molecular complexity index is 592. The summed E-state index contributed by atoms with van der Waals surface area (Å²) in [7, 11) is 0. The fourth-order valence-corrected chi connectivity index (χ4v) is 7.37. The molecule has 0 aromatic carbocycles. The van der Waals surface area contributed by atoms with Crippen LogP contribution in [0.1, 0.15) is 72.1 Å². The second-order valence-electron chi connectivity index (χ2n) is 9.88. The minimum absolute atomic E-state index is 0.0531. The number of hydrogen-bond acceptors (Lipinski definition) is 3. The van der Waals surface area contributed by atoms with Crippen molar-refractivity contribution in [3.8, 4) is 0 Å². The first kappa shape index (κ1) is 16.6. The number of aliphatic hydroxyl groups is 2. The molecule has 4 saturated carbocycles. The van der Waals surface area contributed by atoms with Crippen molar-refractivity contribution < 1.29 is 15.0 Å². The van der Waals surface area contributed by atoms with E-state index in [1.54, 1.807) is 0 Å². The Balaban J connectivity index is 1.67. The van der Waals surface area contributed by atoms with E-state index in [0.717, 1.165) is 44.8 Å². The Labute approximate surface area is 145 Å². The molecule has 2 N–H and O–H groups in total. The average Bonchev–Trinajstić information content (AvgIpc) is 2.77. The molecule has 24 heavy (non-hydrogen) atoms. The third-order valence-corrected chi connectivity index (χ3v) is 9.14. The summed E-state index contributed by atoms with van der Waals surface area (Å²) in [6.07, 6.45) is 9.11. The number of hydrogen-bond donors (Lipinski definition) is 2. The smallest absolute Gasteiger partial charge is 0.162 e. The minimum Gasteiger partial charge on any atom is -0.515 e. The molecule has 134 valence electrons. The summed E-state index contributed by atoms with van der Waals surface area (Å²) in [5.74, 6) is 2.55. The highest BCUT2D eigenvalue weighted by atomic mass is 16.3. The predicted octanol–water partition coefficient (Wildman–Crippen LogP) is 4.40. The Hall–Kier alpha value is -0.830. The zero-order valence-corrected chi connectivity index (χ0v) is 15.3. The number of rotatable bonds is 0. The van der Waals surface area contributed by atoms with Gasteiger partial charge in [0.05, 0.1) is 11.9 Å². The molecule has 0 aliphatic heterocycles. The first-order chi connectivity index (χ1) is 11.2. The Morgan fingerprint density at radius 1 is 1.04 bits per heavy atom. The van der Waals surface area contributed by atoms with Crippen LogP contribution in [-0.2, 0) is 4.79 Å². The fourth-order valence-electron chi connectivity index (χ4n) is 7.37. The lowest BCUT2D eigenvalue weighted by Gasteiger charge is -2.61. The monoisotopic (exact) mass is 332 g/mol. The number of carbonyl (C=O) groups excluding carboxylic acids is 1. The van der Waals surface area contributed by atoms with Gasteiger partial charge in [-0.05, 0) is 86.4 Å². The Morgan fingerprint density at radius 2 is 1.75 bits per heavy atom. The maximum Gasteiger partial charge on any atom is 0.162 e. The van der Waals surface area contributed by atoms with E-state index in [4.69, 9.17) is 0 Å². The second-order valence-corrected chi connectivity index (χ2v) is 9.88. The summed E-state index contributed by atoms with van der Waals surface area (Å²) in [4.78, 5) is 12.2. The molecule has 4 aliphatic rings. The SMILES string of the molecule is C[C@]1(O)CC[C@H]2[C@@H]3CC[C@H]4CC(=O)/C(=C\O)C[C@]4(C)C3CC[C@@]21C. The van der Waals surface area contributed by atoms with Crippen LogP contribution < -0.4 is 0 Å². The number of fused-ring (bicyclic) bond motifs is 5. The molecule has 0 heterocycles. The quantitative estimate of drug-likeness (QED) is 0.510. The number of Topliss-reactive ketones (excluding diaryl/α,β-unsaturated/α-hetero) is 1. The van der Waals surface area contributed by atoms with Gasteiger partial charge in [-0.2, -0.15) is 0 Å². The molecule has 3 heteroatoms. The zero-order valence-electron chi connectivity index (χ0n) is 15.3. The molecule has 4 rings (SSSR count). The standard InChI is InChI=1S/C21H32O3/c1-19-11-13(12-22)18(23)10-14(19)4-5-15-16(19)6-8-20(2)17(15)7-9-21(20,3)24/h12,14-17,22,24H,4-11H2,1-3H3/b13-12-/t14-,15+,16?,17-,19-,20-,21-/m0/s1. The van der Waals surface area contributed by atoms with Crippen LogP contribution in [0.15, 0.2) is 11.8 Å². The van der Waals surface area contributed by atoms with Gasteiger partial charge in [0, 0.05) is 12.0 Å². The molecule has 4 aliphatic carbocycles. The Kier molecular flexibility index (Phi) is 3.53. The summed E-state index contributed by atoms with van der Waals surface area (Å²) in [6, 6.07) is 0. The van der Waals surface area contributed by atoms with Crippen LogP contribution in [0.2, 0.25) is 0 Å². The van der Waals surface area contributed by atoms with Crippen molar-refractivity contribution >= 4 is 5.78 Å². The van der Waals surface area contributed by atoms with Gasteiger partial charge in [0.15, 0.2) is 5.78 Å². The molecule has 0 radical (unpaired) electrons. The molecule has 3 nitrogen and oxygen atoms in total. The lowest BCUT2D eigenvalue weighted by Crippen LogP contribution is -2.56. The van der Waals surface area contributed by atoms with Crippen molar-refractivity contribution in [2.45, 2.75) is 77.7 Å². The number of carbonyl (C=O) groups is 1. The second kappa shape index (κ2) is 5.09. The largest absolute Gasteiger partial charge is 0.515 e. The summed E-state index contributed by atoms with van der Waals surface area (Å²) in [5.41, 5.74) is 0.304. The van der Waals surface area contributed by atoms with E-state index in [1.165, 1.54) is 6.42 Å². The van der Waals surface area contributed by atoms with Crippen LogP contribution in [0.3, 0.4) is 0 Å². The minimum atomic E-state index is -0.529. The molecule has 7 atom stereocenters. The highest BCUT2D eigenvalue weighted by Gasteiger charge is 2.63. The number of aliphatic hydroxyl groups excluding tert-OH is 1. The molecular weight excluding hydrogens is 300 g/mol. The summed E-state index contributed by atoms with van der Waals surface area (Å²) in [5, 5.41) is 20.5. The Morgan fingerprint density at radius 3 is 2.46 bits per heavy atom. The molecule has 0 bridgehead atoms. The van der Waals surface area contributed by atoms with Gasteiger partial charge < -0.3 is 10.2 Å². The average molecular weight is 332 g/mol. The lowest BCUT2D eigenvalue weighted by molar-refractivity contribution is -0.147. The lowest BCUT2D eigenvalue weighted by atomic mass is 9.44. The van der Waals surface area contributed by atoms with E-state index in [1.807, 2.05) is 6.92 Å². The molecular formula is C21H32O3. The summed E-state index contributed by atoms with van der Waals surface area (Å²) < 4.78 is 0. The zero-order chi connectivity index (χ0) is 17.3. The van der Waals surface area contributed by atoms with Gasteiger partial charge >= 0.3 is 0 Å². The molecule has 0 saturated heterocycles. The third kappa shape index (κ3) is 1.97. The van der Waals surface area contributed by atoms with Crippen molar-refractivity contribution in [1.82, 2.24) is 0 Å². The maximum absolute atomic E-state index is 12.2. The van der Waals surface area contributed by atoms with Crippen LogP contribution in [0.4, 0.5) is 0 Å². The van der Waals surface area contributed by atoms with E-state index in [9.17, 15) is 15.0 Å². The molecule has 0 aromatic rings. The van der Waals surface area contributed by atoms with Gasteiger partial charge in [0.25, 0.3) is 0 Å². The van der Waals surface area contributed by atoms with Gasteiger partial charge in [-0.1, -0.05) is 13.8 Å². The first-order valence-electron chi connectivity index (χ1n) is 9.82. The van der Waals surface area contributed by atoms with Gasteiger partial charge in [-0.15, -0.1) is 0 Å². The van der Waals surface area contributed by atoms with E-state index in [0.29, 0.717) is 35.7 Å². The van der Waals surface area contributed by atoms with Crippen molar-refractivity contribution in [2.24, 2.45) is 34.5 Å². The summed E-state index contributed by atoms with van der Waals surface area (Å²) in [6.45, 7) is 6.74. The third-order valence-electron chi connectivity index (χ3n) is 9.14. The van der Waals surface area contributed by atoms with Crippen LogP contribution in [0, 0.1) is 34.5 Å². The molecule has 4 fully saturated rings. The van der Waals surface area contributed by atoms with Gasteiger partial charge in [-0.25, -0.2) is 0 Å². The topological polar surface area (TPSA) is 57.5 Å². The number of allylic oxidation sites excluding steroid dienone is 1. The van der Waals surface area contributed by atoms with Gasteiger partial charge in [0.2, 0.25) is 0 Å². The van der Waals surface area contributed by atoms with E-state index >= 15 is 0 Å². The van der Waals surface area contributed by atoms with Crippen molar-refractivity contribution in [3.05, 3.63) is 11.8 Å². The van der Waals surface area contributed by atoms with Gasteiger partial charge in [0.1, 0.15) is 0 Å². The first-order valence-corrected chi connectivity index (χ1v) is 9.82. The highest BCUT2D eigenvalue weighted by Crippen LogP contribution is 2.68. The van der Waals surface area contributed by atoms with Crippen LogP contribution >= 0.6 is 0 Å². The fraction of sp³-hybridized carbons (Fsp3) is 0.857. The van der Waals surface area contributed by atoms with Crippen molar-refractivity contribution in [2.75, 3.05) is 0 Å². The highest BCUT2D eigenvalue weighted by molar-refractivity contribution is 5.96. The number of ketones is 1. The molecule has 1 unspecified atom stereocenters.